The van der Waals surface area contributed by atoms with Crippen LogP contribution in [0.15, 0.2) is 194 Å². The second-order valence-electron chi connectivity index (χ2n) is 20.9. The summed E-state index contributed by atoms with van der Waals surface area (Å²) in [6.07, 6.45) is 104. The SMILES string of the molecule is CC/C=C\C/C=C\C/C=C\C/C=C\C/C=C\C/C=C\CCCCCCCCC(=O)OCC(COC(=O)CC/C=C\C/C=C\C/C=C\C/C=C\C/C=C\C/C=C\CC)OC(=O)CCCCCCCCCC/C=C\C/C=C\C/C=C\C/C=C\CC. The fraction of sp³-hybridized carbons (Fsp3) is 0.545. The van der Waals surface area contributed by atoms with Crippen LogP contribution in [0.5, 0.6) is 0 Å². The van der Waals surface area contributed by atoms with Gasteiger partial charge in [-0.25, -0.2) is 0 Å². The van der Waals surface area contributed by atoms with Gasteiger partial charge in [-0.3, -0.25) is 14.4 Å². The van der Waals surface area contributed by atoms with Gasteiger partial charge in [0, 0.05) is 19.3 Å². The molecule has 0 aromatic carbocycles. The molecular weight excluding hydrogens is 1020 g/mol. The Morgan fingerprint density at radius 1 is 0.241 bits per heavy atom. The minimum atomic E-state index is -0.834. The number of rotatable bonds is 57. The number of hydrogen-bond acceptors (Lipinski definition) is 6. The smallest absolute Gasteiger partial charge is 0.306 e. The molecule has 0 rings (SSSR count). The Kier molecular flexibility index (Phi) is 64.0. The highest BCUT2D eigenvalue weighted by Crippen LogP contribution is 2.14. The predicted octanol–water partition coefficient (Wildman–Crippen LogP) is 23.0. The molecule has 0 bridgehead atoms. The second-order valence-corrected chi connectivity index (χ2v) is 20.9. The van der Waals surface area contributed by atoms with E-state index in [0.717, 1.165) is 167 Å². The summed E-state index contributed by atoms with van der Waals surface area (Å²) in [5, 5.41) is 0. The molecule has 1 unspecified atom stereocenters. The molecule has 0 spiro atoms. The maximum atomic E-state index is 12.9. The molecule has 0 saturated carbocycles. The third-order valence-corrected chi connectivity index (χ3v) is 13.1. The van der Waals surface area contributed by atoms with Crippen LogP contribution >= 0.6 is 0 Å². The molecule has 0 saturated heterocycles. The van der Waals surface area contributed by atoms with Crippen molar-refractivity contribution in [3.8, 4) is 0 Å². The number of hydrogen-bond donors (Lipinski definition) is 0. The van der Waals surface area contributed by atoms with Gasteiger partial charge in [0.15, 0.2) is 6.10 Å². The molecule has 6 heteroatoms. The van der Waals surface area contributed by atoms with E-state index in [0.29, 0.717) is 12.8 Å². The lowest BCUT2D eigenvalue weighted by molar-refractivity contribution is -0.166. The maximum absolute atomic E-state index is 12.9. The Balaban J connectivity index is 4.57. The molecule has 0 fully saturated rings. The van der Waals surface area contributed by atoms with Gasteiger partial charge in [-0.2, -0.15) is 0 Å². The van der Waals surface area contributed by atoms with Crippen molar-refractivity contribution in [1.82, 2.24) is 0 Å². The van der Waals surface area contributed by atoms with Crippen molar-refractivity contribution < 1.29 is 28.6 Å². The predicted molar refractivity (Wildman–Crippen MR) is 361 cm³/mol. The molecule has 0 amide bonds. The molecule has 0 aromatic heterocycles. The molecular formula is C77H118O6. The van der Waals surface area contributed by atoms with Crippen molar-refractivity contribution in [3.63, 3.8) is 0 Å². The lowest BCUT2D eigenvalue weighted by Gasteiger charge is -2.18. The summed E-state index contributed by atoms with van der Waals surface area (Å²) in [5.41, 5.74) is 0. The van der Waals surface area contributed by atoms with Crippen LogP contribution in [-0.2, 0) is 28.6 Å². The molecule has 0 heterocycles. The van der Waals surface area contributed by atoms with E-state index in [1.807, 2.05) is 6.08 Å². The zero-order valence-corrected chi connectivity index (χ0v) is 52.9. The van der Waals surface area contributed by atoms with Gasteiger partial charge in [0.25, 0.3) is 0 Å². The van der Waals surface area contributed by atoms with E-state index < -0.39 is 6.10 Å². The van der Waals surface area contributed by atoms with Gasteiger partial charge in [0.05, 0.1) is 0 Å². The molecule has 0 aromatic rings. The van der Waals surface area contributed by atoms with Crippen LogP contribution in [0.4, 0.5) is 0 Å². The molecule has 0 aliphatic carbocycles. The van der Waals surface area contributed by atoms with Crippen LogP contribution < -0.4 is 0 Å². The molecule has 1 atom stereocenters. The quantitative estimate of drug-likeness (QED) is 0.0261. The Morgan fingerprint density at radius 3 is 0.747 bits per heavy atom. The zero-order valence-electron chi connectivity index (χ0n) is 52.9. The van der Waals surface area contributed by atoms with E-state index in [4.69, 9.17) is 14.2 Å². The van der Waals surface area contributed by atoms with Gasteiger partial charge in [0.2, 0.25) is 0 Å². The van der Waals surface area contributed by atoms with Crippen LogP contribution in [0.1, 0.15) is 252 Å². The van der Waals surface area contributed by atoms with Crippen molar-refractivity contribution in [3.05, 3.63) is 194 Å². The van der Waals surface area contributed by atoms with Crippen molar-refractivity contribution in [2.24, 2.45) is 0 Å². The van der Waals surface area contributed by atoms with Gasteiger partial charge in [-0.05, 0) is 148 Å². The molecule has 6 nitrogen and oxygen atoms in total. The summed E-state index contributed by atoms with van der Waals surface area (Å²) in [5.74, 6) is -1.04. The number of carbonyl (C=O) groups excluding carboxylic acids is 3. The van der Waals surface area contributed by atoms with Crippen molar-refractivity contribution in [1.29, 1.82) is 0 Å². The fourth-order valence-electron chi connectivity index (χ4n) is 8.29. The topological polar surface area (TPSA) is 78.9 Å². The summed E-state index contributed by atoms with van der Waals surface area (Å²) in [6, 6.07) is 0. The highest BCUT2D eigenvalue weighted by molar-refractivity contribution is 5.71. The molecule has 0 aliphatic heterocycles. The third kappa shape index (κ3) is 66.9. The summed E-state index contributed by atoms with van der Waals surface area (Å²) in [6.45, 7) is 6.21. The molecule has 0 radical (unpaired) electrons. The Bertz CT molecular complexity index is 1990. The van der Waals surface area contributed by atoms with E-state index in [9.17, 15) is 14.4 Å². The number of ether oxygens (including phenoxy) is 3. The summed E-state index contributed by atoms with van der Waals surface area (Å²) >= 11 is 0. The standard InChI is InChI=1S/C77H118O6/c1-4-7-10-13-16-19-22-25-28-31-34-36-37-38-39-41-43-46-49-52-55-58-61-64-67-70-76(79)82-73-74(72-81-75(78)69-66-63-60-57-54-51-48-45-42-33-30-27-24-21-18-15-12-9-6-3)83-77(80)71-68-65-62-59-56-53-50-47-44-40-35-32-29-26-23-20-17-14-11-8-5-2/h7-12,16-21,25-30,34-36,38-40,42-43,45-46,51,54,60,63,74H,4-6,13-15,22-24,31-33,37,41,44,47-50,52-53,55-59,61-62,64-73H2,1-3H3/b10-7-,11-8-,12-9-,19-16-,20-17-,21-18-,28-25-,29-26-,30-27-,36-34-,39-38-,40-35-,45-42-,46-43-,54-51-,63-60-. The third-order valence-electron chi connectivity index (χ3n) is 13.1. The Labute approximate surface area is 509 Å². The second kappa shape index (κ2) is 68.7. The van der Waals surface area contributed by atoms with Crippen LogP contribution in [-0.4, -0.2) is 37.2 Å². The van der Waals surface area contributed by atoms with E-state index >= 15 is 0 Å². The first-order chi connectivity index (χ1) is 41.0. The number of unbranched alkanes of at least 4 members (excludes halogenated alkanes) is 14. The van der Waals surface area contributed by atoms with Gasteiger partial charge < -0.3 is 14.2 Å². The van der Waals surface area contributed by atoms with E-state index in [1.54, 1.807) is 0 Å². The van der Waals surface area contributed by atoms with Gasteiger partial charge in [-0.15, -0.1) is 0 Å². The van der Waals surface area contributed by atoms with Crippen molar-refractivity contribution in [2.75, 3.05) is 13.2 Å². The molecule has 0 aliphatic rings. The highest BCUT2D eigenvalue weighted by atomic mass is 16.6. The zero-order chi connectivity index (χ0) is 59.9. The first-order valence-corrected chi connectivity index (χ1v) is 32.9. The van der Waals surface area contributed by atoms with E-state index in [1.165, 1.54) is 38.5 Å². The van der Waals surface area contributed by atoms with Crippen LogP contribution in [0.3, 0.4) is 0 Å². The minimum absolute atomic E-state index is 0.123. The molecule has 83 heavy (non-hydrogen) atoms. The van der Waals surface area contributed by atoms with Gasteiger partial charge >= 0.3 is 17.9 Å². The number of esters is 3. The normalized spacial score (nSPS) is 13.4. The number of carbonyl (C=O) groups is 3. The molecule has 0 N–H and O–H groups in total. The lowest BCUT2D eigenvalue weighted by Crippen LogP contribution is -2.30. The minimum Gasteiger partial charge on any atom is -0.462 e. The largest absolute Gasteiger partial charge is 0.462 e. The van der Waals surface area contributed by atoms with Crippen molar-refractivity contribution in [2.45, 2.75) is 258 Å². The van der Waals surface area contributed by atoms with E-state index in [-0.39, 0.29) is 44.0 Å². The Hall–Kier alpha value is -5.75. The first kappa shape index (κ1) is 77.2. The fourth-order valence-corrected chi connectivity index (χ4v) is 8.29. The van der Waals surface area contributed by atoms with Crippen LogP contribution in [0.25, 0.3) is 0 Å². The monoisotopic (exact) mass is 1140 g/mol. The highest BCUT2D eigenvalue weighted by Gasteiger charge is 2.19. The first-order valence-electron chi connectivity index (χ1n) is 32.9. The molecule has 462 valence electrons. The number of allylic oxidation sites excluding steroid dienone is 32. The summed E-state index contributed by atoms with van der Waals surface area (Å²) in [7, 11) is 0. The average Bonchev–Trinajstić information content (AvgIpc) is 3.50. The Morgan fingerprint density at radius 2 is 0.458 bits per heavy atom. The lowest BCUT2D eigenvalue weighted by atomic mass is 10.1. The van der Waals surface area contributed by atoms with Crippen molar-refractivity contribution >= 4 is 17.9 Å². The average molecular weight is 1140 g/mol. The maximum Gasteiger partial charge on any atom is 0.306 e. The van der Waals surface area contributed by atoms with Gasteiger partial charge in [-0.1, -0.05) is 279 Å². The van der Waals surface area contributed by atoms with Gasteiger partial charge in [0.1, 0.15) is 13.2 Å². The van der Waals surface area contributed by atoms with Crippen LogP contribution in [0.2, 0.25) is 0 Å². The summed E-state index contributed by atoms with van der Waals surface area (Å²) < 4.78 is 16.9. The summed E-state index contributed by atoms with van der Waals surface area (Å²) in [4.78, 5) is 38.4. The van der Waals surface area contributed by atoms with Crippen LogP contribution in [0, 0.1) is 0 Å². The van der Waals surface area contributed by atoms with E-state index in [2.05, 4.69) is 209 Å².